The lowest BCUT2D eigenvalue weighted by Gasteiger charge is -2.17. The van der Waals surface area contributed by atoms with Gasteiger partial charge < -0.3 is 0 Å². The van der Waals surface area contributed by atoms with E-state index < -0.39 is 4.92 Å². The normalized spacial score (nSPS) is 15.7. The number of ketones is 1. The molecule has 0 amide bonds. The summed E-state index contributed by atoms with van der Waals surface area (Å²) in [6.07, 6.45) is 3.25. The number of hydrogen-bond acceptors (Lipinski definition) is 3. The fourth-order valence-electron chi connectivity index (χ4n) is 2.77. The van der Waals surface area contributed by atoms with E-state index in [1.165, 1.54) is 6.07 Å². The fourth-order valence-corrected chi connectivity index (χ4v) is 2.77. The Morgan fingerprint density at radius 2 is 1.91 bits per heavy atom. The zero-order chi connectivity index (χ0) is 15.7. The highest BCUT2D eigenvalue weighted by Gasteiger charge is 2.21. The number of Topliss-reactive ketones (excluding diaryl/α,β-unsaturated/α-hetero) is 1. The van der Waals surface area contributed by atoms with E-state index >= 15 is 0 Å². The molecule has 0 atom stereocenters. The van der Waals surface area contributed by atoms with Crippen molar-refractivity contribution in [2.24, 2.45) is 0 Å². The van der Waals surface area contributed by atoms with Crippen LogP contribution in [-0.2, 0) is 6.42 Å². The van der Waals surface area contributed by atoms with E-state index in [4.69, 9.17) is 0 Å². The monoisotopic (exact) mass is 293 g/mol. The van der Waals surface area contributed by atoms with Gasteiger partial charge in [0.15, 0.2) is 5.78 Å². The summed E-state index contributed by atoms with van der Waals surface area (Å²) >= 11 is 0. The van der Waals surface area contributed by atoms with Gasteiger partial charge in [-0.2, -0.15) is 0 Å². The molecule has 0 saturated carbocycles. The van der Waals surface area contributed by atoms with Gasteiger partial charge in [-0.25, -0.2) is 0 Å². The lowest BCUT2D eigenvalue weighted by molar-refractivity contribution is -0.385. The van der Waals surface area contributed by atoms with Crippen LogP contribution in [0.5, 0.6) is 0 Å². The second-order valence-corrected chi connectivity index (χ2v) is 5.46. The molecule has 0 aliphatic heterocycles. The molecule has 0 radical (unpaired) electrons. The molecule has 3 rings (SSSR count). The summed E-state index contributed by atoms with van der Waals surface area (Å²) in [4.78, 5) is 23.1. The largest absolute Gasteiger partial charge is 0.289 e. The Morgan fingerprint density at radius 1 is 1.14 bits per heavy atom. The van der Waals surface area contributed by atoms with Crippen LogP contribution >= 0.6 is 0 Å². The number of nitrogens with zero attached hydrogens (tertiary/aromatic N) is 1. The third kappa shape index (κ3) is 2.55. The van der Waals surface area contributed by atoms with E-state index in [-0.39, 0.29) is 11.5 Å². The van der Waals surface area contributed by atoms with Crippen molar-refractivity contribution in [2.75, 3.05) is 0 Å². The number of nitro benzene ring substituents is 1. The van der Waals surface area contributed by atoms with Gasteiger partial charge in [0.2, 0.25) is 0 Å². The van der Waals surface area contributed by atoms with Gasteiger partial charge in [0.1, 0.15) is 0 Å². The number of allylic oxidation sites excluding steroid dienone is 1. The molecule has 22 heavy (non-hydrogen) atoms. The zero-order valence-electron chi connectivity index (χ0n) is 12.2. The van der Waals surface area contributed by atoms with Crippen molar-refractivity contribution in [3.05, 3.63) is 80.4 Å². The molecular formula is C18H15NO3. The minimum Gasteiger partial charge on any atom is -0.289 e. The Bertz CT molecular complexity index is 806. The van der Waals surface area contributed by atoms with Crippen LogP contribution in [0.4, 0.5) is 5.69 Å². The summed E-state index contributed by atoms with van der Waals surface area (Å²) < 4.78 is 0. The Morgan fingerprint density at radius 3 is 2.68 bits per heavy atom. The molecule has 0 saturated heterocycles. The van der Waals surface area contributed by atoms with E-state index in [9.17, 15) is 14.9 Å². The summed E-state index contributed by atoms with van der Waals surface area (Å²) in [5.74, 6) is 0.0186. The maximum absolute atomic E-state index is 12.5. The summed E-state index contributed by atoms with van der Waals surface area (Å²) in [6, 6.07) is 12.6. The number of carbonyl (C=O) groups is 1. The topological polar surface area (TPSA) is 60.2 Å². The highest BCUT2D eigenvalue weighted by molar-refractivity contribution is 6.13. The lowest BCUT2D eigenvalue weighted by atomic mass is 9.86. The summed E-state index contributed by atoms with van der Waals surface area (Å²) in [7, 11) is 0. The van der Waals surface area contributed by atoms with Crippen LogP contribution in [0.15, 0.2) is 48.0 Å². The quantitative estimate of drug-likeness (QED) is 0.475. The predicted octanol–water partition coefficient (Wildman–Crippen LogP) is 4.12. The average Bonchev–Trinajstić information content (AvgIpc) is 2.52. The second kappa shape index (κ2) is 5.56. The van der Waals surface area contributed by atoms with Crippen LogP contribution in [0.1, 0.15) is 33.5 Å². The van der Waals surface area contributed by atoms with Gasteiger partial charge >= 0.3 is 0 Å². The molecule has 2 aromatic carbocycles. The number of fused-ring (bicyclic) bond motifs is 1. The number of benzene rings is 2. The maximum atomic E-state index is 12.5. The van der Waals surface area contributed by atoms with E-state index in [1.807, 2.05) is 30.3 Å². The van der Waals surface area contributed by atoms with Crippen molar-refractivity contribution >= 4 is 17.5 Å². The molecular weight excluding hydrogens is 278 g/mol. The summed E-state index contributed by atoms with van der Waals surface area (Å²) in [5, 5.41) is 11.0. The van der Waals surface area contributed by atoms with Crippen molar-refractivity contribution in [1.82, 2.24) is 0 Å². The standard InChI is InChI=1S/C18H15NO3/c1-12-6-7-13(11-17(12)19(21)22)10-15-9-8-14-4-2-3-5-16(14)18(15)20/h2-7,10-11H,8-9H2,1H3/b15-10+. The number of aryl methyl sites for hydroxylation is 2. The van der Waals surface area contributed by atoms with Gasteiger partial charge in [0.05, 0.1) is 4.92 Å². The third-order valence-corrected chi connectivity index (χ3v) is 3.99. The first kappa shape index (κ1) is 14.2. The number of carbonyl (C=O) groups excluding carboxylic acids is 1. The van der Waals surface area contributed by atoms with E-state index in [2.05, 4.69) is 0 Å². The Hall–Kier alpha value is -2.75. The minimum atomic E-state index is -0.394. The predicted molar refractivity (Wildman–Crippen MR) is 84.9 cm³/mol. The molecule has 0 unspecified atom stereocenters. The first-order chi connectivity index (χ1) is 10.6. The smallest absolute Gasteiger partial charge is 0.272 e. The number of hydrogen-bond donors (Lipinski definition) is 0. The Balaban J connectivity index is 1.99. The zero-order valence-corrected chi connectivity index (χ0v) is 12.2. The van der Waals surface area contributed by atoms with Gasteiger partial charge in [-0.3, -0.25) is 14.9 Å². The molecule has 0 heterocycles. The van der Waals surface area contributed by atoms with Crippen LogP contribution in [0, 0.1) is 17.0 Å². The van der Waals surface area contributed by atoms with Crippen LogP contribution in [-0.4, -0.2) is 10.7 Å². The SMILES string of the molecule is Cc1ccc(/C=C2\CCc3ccccc3C2=O)cc1[N+](=O)[O-]. The summed E-state index contributed by atoms with van der Waals surface area (Å²) in [5.41, 5.74) is 3.91. The molecule has 1 aliphatic rings. The van der Waals surface area contributed by atoms with Gasteiger partial charge in [0, 0.05) is 22.8 Å². The molecule has 4 heteroatoms. The lowest BCUT2D eigenvalue weighted by Crippen LogP contribution is -2.13. The average molecular weight is 293 g/mol. The molecule has 2 aromatic rings. The summed E-state index contributed by atoms with van der Waals surface area (Å²) in [6.45, 7) is 1.71. The highest BCUT2D eigenvalue weighted by Crippen LogP contribution is 2.28. The van der Waals surface area contributed by atoms with E-state index in [0.717, 1.165) is 17.5 Å². The van der Waals surface area contributed by atoms with Crippen molar-refractivity contribution in [3.8, 4) is 0 Å². The van der Waals surface area contributed by atoms with Crippen LogP contribution in [0.2, 0.25) is 0 Å². The Kier molecular flexibility index (Phi) is 3.59. The van der Waals surface area contributed by atoms with Crippen LogP contribution in [0.25, 0.3) is 6.08 Å². The second-order valence-electron chi connectivity index (χ2n) is 5.46. The maximum Gasteiger partial charge on any atom is 0.272 e. The van der Waals surface area contributed by atoms with Crippen LogP contribution in [0.3, 0.4) is 0 Å². The van der Waals surface area contributed by atoms with Crippen molar-refractivity contribution in [1.29, 1.82) is 0 Å². The van der Waals surface area contributed by atoms with Crippen LogP contribution < -0.4 is 0 Å². The molecule has 0 N–H and O–H groups in total. The third-order valence-electron chi connectivity index (χ3n) is 3.99. The van der Waals surface area contributed by atoms with Crippen molar-refractivity contribution in [2.45, 2.75) is 19.8 Å². The number of nitro groups is 1. The van der Waals surface area contributed by atoms with Crippen molar-refractivity contribution in [3.63, 3.8) is 0 Å². The van der Waals surface area contributed by atoms with E-state index in [0.29, 0.717) is 23.1 Å². The molecule has 0 spiro atoms. The van der Waals surface area contributed by atoms with Gasteiger partial charge in [-0.15, -0.1) is 0 Å². The minimum absolute atomic E-state index is 0.0186. The molecule has 1 aliphatic carbocycles. The molecule has 0 fully saturated rings. The van der Waals surface area contributed by atoms with Gasteiger partial charge in [-0.1, -0.05) is 36.4 Å². The fraction of sp³-hybridized carbons (Fsp3) is 0.167. The molecule has 110 valence electrons. The van der Waals surface area contributed by atoms with E-state index in [1.54, 1.807) is 19.1 Å². The Labute approximate surface area is 128 Å². The first-order valence-corrected chi connectivity index (χ1v) is 7.14. The molecule has 0 bridgehead atoms. The highest BCUT2D eigenvalue weighted by atomic mass is 16.6. The molecule has 0 aromatic heterocycles. The molecule has 4 nitrogen and oxygen atoms in total. The first-order valence-electron chi connectivity index (χ1n) is 7.14. The van der Waals surface area contributed by atoms with Gasteiger partial charge in [-0.05, 0) is 37.0 Å². The van der Waals surface area contributed by atoms with Crippen molar-refractivity contribution < 1.29 is 9.72 Å². The van der Waals surface area contributed by atoms with Gasteiger partial charge in [0.25, 0.3) is 5.69 Å². The number of rotatable bonds is 2.